The van der Waals surface area contributed by atoms with E-state index < -0.39 is 11.1 Å². The van der Waals surface area contributed by atoms with Crippen LogP contribution in [-0.4, -0.2) is 25.9 Å². The van der Waals surface area contributed by atoms with Crippen molar-refractivity contribution in [3.8, 4) is 11.6 Å². The fourth-order valence-corrected chi connectivity index (χ4v) is 4.18. The molecule has 0 spiro atoms. The van der Waals surface area contributed by atoms with Crippen molar-refractivity contribution < 1.29 is 13.6 Å². The lowest BCUT2D eigenvalue weighted by atomic mass is 10.2. The average Bonchev–Trinajstić information content (AvgIpc) is 3.36. The van der Waals surface area contributed by atoms with Crippen molar-refractivity contribution in [1.29, 1.82) is 0 Å². The van der Waals surface area contributed by atoms with Gasteiger partial charge in [-0.15, -0.1) is 10.2 Å². The Bertz CT molecular complexity index is 1150. The van der Waals surface area contributed by atoms with Gasteiger partial charge in [0.2, 0.25) is 11.7 Å². The Balaban J connectivity index is 1.57. The van der Waals surface area contributed by atoms with Crippen LogP contribution < -0.4 is 5.32 Å². The Kier molecular flexibility index (Phi) is 5.85. The molecular weight excluding hydrogens is 403 g/mol. The third kappa shape index (κ3) is 3.95. The number of carbonyl (C=O) groups is 1. The topological polar surface area (TPSA) is 73.0 Å². The molecule has 8 heteroatoms. The van der Waals surface area contributed by atoms with Crippen LogP contribution >= 0.6 is 11.8 Å². The summed E-state index contributed by atoms with van der Waals surface area (Å²) in [4.78, 5) is 12.7. The van der Waals surface area contributed by atoms with Crippen molar-refractivity contribution in [3.63, 3.8) is 0 Å². The molecule has 6 nitrogen and oxygen atoms in total. The third-order valence-corrected chi connectivity index (χ3v) is 6.07. The van der Waals surface area contributed by atoms with Gasteiger partial charge in [-0.25, -0.2) is 4.39 Å². The standard InChI is InChI=1S/C22H21FN4O2S/c1-3-19(21(28)24-16-11-7-6-10-15(16)23)30-22-26-25-20(27(22)4-2)18-13-14-9-5-8-12-17(14)29-18/h5-13,19H,3-4H2,1-2H3,(H,24,28)/t19-/m0/s1. The number of para-hydroxylation sites is 2. The van der Waals surface area contributed by atoms with Crippen LogP contribution in [-0.2, 0) is 11.3 Å². The monoisotopic (exact) mass is 424 g/mol. The molecule has 0 aliphatic carbocycles. The highest BCUT2D eigenvalue weighted by Gasteiger charge is 2.24. The number of hydrogen-bond donors (Lipinski definition) is 1. The number of furan rings is 1. The van der Waals surface area contributed by atoms with Gasteiger partial charge >= 0.3 is 0 Å². The van der Waals surface area contributed by atoms with E-state index in [4.69, 9.17) is 4.42 Å². The lowest BCUT2D eigenvalue weighted by molar-refractivity contribution is -0.115. The predicted molar refractivity (Wildman–Crippen MR) is 116 cm³/mol. The van der Waals surface area contributed by atoms with Gasteiger partial charge in [0, 0.05) is 11.9 Å². The minimum atomic E-state index is -0.463. The Morgan fingerprint density at radius 1 is 1.17 bits per heavy atom. The van der Waals surface area contributed by atoms with Crippen molar-refractivity contribution >= 4 is 34.3 Å². The molecule has 4 aromatic rings. The molecule has 0 aliphatic heterocycles. The van der Waals surface area contributed by atoms with E-state index >= 15 is 0 Å². The quantitative estimate of drug-likeness (QED) is 0.404. The first-order valence-electron chi connectivity index (χ1n) is 9.75. The summed E-state index contributed by atoms with van der Waals surface area (Å²) >= 11 is 1.31. The molecule has 2 aromatic heterocycles. The lowest BCUT2D eigenvalue weighted by Gasteiger charge is -2.15. The first-order chi connectivity index (χ1) is 14.6. The number of nitrogens with zero attached hydrogens (tertiary/aromatic N) is 3. The molecule has 1 atom stereocenters. The summed E-state index contributed by atoms with van der Waals surface area (Å²) < 4.78 is 21.7. The smallest absolute Gasteiger partial charge is 0.238 e. The van der Waals surface area contributed by atoms with E-state index in [-0.39, 0.29) is 11.6 Å². The van der Waals surface area contributed by atoms with Gasteiger partial charge < -0.3 is 9.73 Å². The zero-order valence-electron chi connectivity index (χ0n) is 16.6. The fourth-order valence-electron chi connectivity index (χ4n) is 3.16. The molecule has 30 heavy (non-hydrogen) atoms. The van der Waals surface area contributed by atoms with Crippen LogP contribution in [0.2, 0.25) is 0 Å². The molecule has 0 unspecified atom stereocenters. The van der Waals surface area contributed by atoms with E-state index in [1.807, 2.05) is 48.7 Å². The highest BCUT2D eigenvalue weighted by Crippen LogP contribution is 2.31. The summed E-state index contributed by atoms with van der Waals surface area (Å²) in [7, 11) is 0. The Morgan fingerprint density at radius 3 is 2.67 bits per heavy atom. The van der Waals surface area contributed by atoms with Gasteiger partial charge in [0.15, 0.2) is 10.9 Å². The van der Waals surface area contributed by atoms with E-state index in [0.717, 1.165) is 11.0 Å². The van der Waals surface area contributed by atoms with Crippen LogP contribution in [0.25, 0.3) is 22.6 Å². The second-order valence-electron chi connectivity index (χ2n) is 6.68. The number of nitrogens with one attached hydrogen (secondary N) is 1. The molecular formula is C22H21FN4O2S. The van der Waals surface area contributed by atoms with Crippen molar-refractivity contribution in [3.05, 3.63) is 60.4 Å². The first-order valence-corrected chi connectivity index (χ1v) is 10.6. The Hall–Kier alpha value is -3.13. The molecule has 1 N–H and O–H groups in total. The van der Waals surface area contributed by atoms with Crippen LogP contribution in [0.1, 0.15) is 20.3 Å². The highest BCUT2D eigenvalue weighted by atomic mass is 32.2. The molecule has 0 fully saturated rings. The van der Waals surface area contributed by atoms with Gasteiger partial charge in [0.1, 0.15) is 11.4 Å². The summed E-state index contributed by atoms with van der Waals surface area (Å²) in [5.74, 6) is 0.500. The molecule has 0 bridgehead atoms. The zero-order chi connectivity index (χ0) is 21.1. The number of carbonyl (C=O) groups excluding carboxylic acids is 1. The van der Waals surface area contributed by atoms with E-state index in [1.165, 1.54) is 17.8 Å². The highest BCUT2D eigenvalue weighted by molar-refractivity contribution is 8.00. The average molecular weight is 425 g/mol. The second-order valence-corrected chi connectivity index (χ2v) is 7.85. The molecule has 2 heterocycles. The summed E-state index contributed by atoms with van der Waals surface area (Å²) in [5, 5.41) is 12.4. The van der Waals surface area contributed by atoms with Crippen molar-refractivity contribution in [1.82, 2.24) is 14.8 Å². The maximum atomic E-state index is 13.9. The maximum Gasteiger partial charge on any atom is 0.238 e. The minimum Gasteiger partial charge on any atom is -0.453 e. The summed E-state index contributed by atoms with van der Waals surface area (Å²) in [6.45, 7) is 4.51. The fraction of sp³-hybridized carbons (Fsp3) is 0.227. The molecule has 2 aromatic carbocycles. The van der Waals surface area contributed by atoms with Gasteiger partial charge in [-0.3, -0.25) is 9.36 Å². The van der Waals surface area contributed by atoms with Crippen LogP contribution in [0, 0.1) is 5.82 Å². The number of halogens is 1. The lowest BCUT2D eigenvalue weighted by Crippen LogP contribution is -2.25. The number of aromatic nitrogens is 3. The summed E-state index contributed by atoms with van der Waals surface area (Å²) in [6.07, 6.45) is 0.557. The second kappa shape index (κ2) is 8.71. The van der Waals surface area contributed by atoms with Gasteiger partial charge in [0.25, 0.3) is 0 Å². The number of benzene rings is 2. The van der Waals surface area contributed by atoms with Crippen molar-refractivity contribution in [2.75, 3.05) is 5.32 Å². The molecule has 1 amide bonds. The zero-order valence-corrected chi connectivity index (χ0v) is 17.4. The molecule has 4 rings (SSSR count). The molecule has 0 aliphatic rings. The minimum absolute atomic E-state index is 0.168. The Labute approximate surface area is 177 Å². The number of hydrogen-bond acceptors (Lipinski definition) is 5. The SMILES string of the molecule is CC[C@H](Sc1nnc(-c2cc3ccccc3o2)n1CC)C(=O)Nc1ccccc1F. The van der Waals surface area contributed by atoms with Crippen LogP contribution in [0.4, 0.5) is 10.1 Å². The van der Waals surface area contributed by atoms with Crippen LogP contribution in [0.3, 0.4) is 0 Å². The molecule has 154 valence electrons. The van der Waals surface area contributed by atoms with E-state index in [9.17, 15) is 9.18 Å². The largest absolute Gasteiger partial charge is 0.453 e. The van der Waals surface area contributed by atoms with Crippen molar-refractivity contribution in [2.45, 2.75) is 37.2 Å². The number of amides is 1. The van der Waals surface area contributed by atoms with Gasteiger partial charge in [-0.1, -0.05) is 49.0 Å². The Morgan fingerprint density at radius 2 is 1.93 bits per heavy atom. The predicted octanol–water partition coefficient (Wildman–Crippen LogP) is 5.36. The van der Waals surface area contributed by atoms with E-state index in [2.05, 4.69) is 15.5 Å². The number of rotatable bonds is 7. The third-order valence-electron chi connectivity index (χ3n) is 4.72. The summed E-state index contributed by atoms with van der Waals surface area (Å²) in [6, 6.07) is 15.8. The normalized spacial score (nSPS) is 12.2. The number of fused-ring (bicyclic) bond motifs is 1. The van der Waals surface area contributed by atoms with E-state index in [1.54, 1.807) is 18.2 Å². The maximum absolute atomic E-state index is 13.9. The molecule has 0 saturated carbocycles. The van der Waals surface area contributed by atoms with E-state index in [0.29, 0.717) is 29.7 Å². The molecule has 0 radical (unpaired) electrons. The van der Waals surface area contributed by atoms with Gasteiger partial charge in [0.05, 0.1) is 10.9 Å². The van der Waals surface area contributed by atoms with Crippen LogP contribution in [0.5, 0.6) is 0 Å². The first kappa shape index (κ1) is 20.2. The van der Waals surface area contributed by atoms with Gasteiger partial charge in [-0.05, 0) is 37.6 Å². The molecule has 0 saturated heterocycles. The van der Waals surface area contributed by atoms with Crippen LogP contribution in [0.15, 0.2) is 64.2 Å². The number of anilines is 1. The summed E-state index contributed by atoms with van der Waals surface area (Å²) in [5.41, 5.74) is 0.949. The number of thioether (sulfide) groups is 1. The van der Waals surface area contributed by atoms with Crippen molar-refractivity contribution in [2.24, 2.45) is 0 Å². The van der Waals surface area contributed by atoms with Gasteiger partial charge in [-0.2, -0.15) is 0 Å².